The molecule has 1 amide bonds. The zero-order valence-electron chi connectivity index (χ0n) is 14.3. The summed E-state index contributed by atoms with van der Waals surface area (Å²) in [6, 6.07) is 13.3. The number of hydrogen-bond donors (Lipinski definition) is 1. The Morgan fingerprint density at radius 1 is 1.28 bits per heavy atom. The number of halogens is 2. The summed E-state index contributed by atoms with van der Waals surface area (Å²) in [7, 11) is 1.65. The van der Waals surface area contributed by atoms with Crippen LogP contribution in [-0.4, -0.2) is 37.6 Å². The number of piperazine rings is 1. The summed E-state index contributed by atoms with van der Waals surface area (Å²) in [6.07, 6.45) is 0. The molecule has 3 rings (SSSR count). The lowest BCUT2D eigenvalue weighted by molar-refractivity contribution is 0.0631. The number of methoxy groups -OCH3 is 1. The number of amides is 1. The average Bonchev–Trinajstić information content (AvgIpc) is 2.63. The van der Waals surface area contributed by atoms with Crippen molar-refractivity contribution in [2.45, 2.75) is 13.0 Å². The predicted octanol–water partition coefficient (Wildman–Crippen LogP) is 3.87. The number of carbonyl (C=O) groups is 1. The lowest BCUT2D eigenvalue weighted by atomic mass is 10.0. The summed E-state index contributed by atoms with van der Waals surface area (Å²) < 4.78 is 5.48. The number of ether oxygens (including phenoxy) is 1. The molecule has 6 heteroatoms. The van der Waals surface area contributed by atoms with Gasteiger partial charge in [-0.15, -0.1) is 12.4 Å². The Bertz CT molecular complexity index is 752. The molecule has 2 aromatic rings. The van der Waals surface area contributed by atoms with Crippen molar-refractivity contribution in [1.29, 1.82) is 0 Å². The number of rotatable bonds is 3. The van der Waals surface area contributed by atoms with Gasteiger partial charge in [0.05, 0.1) is 13.2 Å². The zero-order chi connectivity index (χ0) is 17.1. The quantitative estimate of drug-likeness (QED) is 0.878. The average molecular weight is 381 g/mol. The van der Waals surface area contributed by atoms with Crippen LogP contribution in [0.4, 0.5) is 0 Å². The molecule has 0 bridgehead atoms. The molecular formula is C19H22Cl2N2O2. The molecule has 1 atom stereocenters. The molecular weight excluding hydrogens is 359 g/mol. The number of nitrogens with one attached hydrogen (secondary N) is 1. The lowest BCUT2D eigenvalue weighted by Crippen LogP contribution is -2.48. The van der Waals surface area contributed by atoms with Gasteiger partial charge in [0.1, 0.15) is 5.75 Å². The SMILES string of the molecule is COc1ccccc1C1CNCCN1C(=O)c1ccc(C)c(Cl)c1.Cl. The van der Waals surface area contributed by atoms with Gasteiger partial charge in [-0.25, -0.2) is 0 Å². The van der Waals surface area contributed by atoms with Gasteiger partial charge in [-0.05, 0) is 30.7 Å². The van der Waals surface area contributed by atoms with Crippen molar-refractivity contribution in [3.8, 4) is 5.75 Å². The van der Waals surface area contributed by atoms with Gasteiger partial charge in [0, 0.05) is 35.8 Å². The Morgan fingerprint density at radius 3 is 2.76 bits per heavy atom. The fourth-order valence-electron chi connectivity index (χ4n) is 3.06. The summed E-state index contributed by atoms with van der Waals surface area (Å²) in [5.41, 5.74) is 2.60. The van der Waals surface area contributed by atoms with E-state index in [1.165, 1.54) is 0 Å². The summed E-state index contributed by atoms with van der Waals surface area (Å²) in [4.78, 5) is 14.9. The van der Waals surface area contributed by atoms with E-state index < -0.39 is 0 Å². The van der Waals surface area contributed by atoms with Crippen molar-refractivity contribution in [3.63, 3.8) is 0 Å². The number of benzene rings is 2. The Balaban J connectivity index is 0.00000225. The first-order chi connectivity index (χ1) is 11.6. The highest BCUT2D eigenvalue weighted by molar-refractivity contribution is 6.31. The molecule has 0 aromatic heterocycles. The second-order valence-electron chi connectivity index (χ2n) is 5.92. The third kappa shape index (κ3) is 4.09. The molecule has 1 aliphatic heterocycles. The lowest BCUT2D eigenvalue weighted by Gasteiger charge is -2.37. The van der Waals surface area contributed by atoms with E-state index in [0.717, 1.165) is 23.4 Å². The van der Waals surface area contributed by atoms with E-state index in [0.29, 0.717) is 23.7 Å². The smallest absolute Gasteiger partial charge is 0.254 e. The van der Waals surface area contributed by atoms with Crippen LogP contribution in [0.3, 0.4) is 0 Å². The number of para-hydroxylation sites is 1. The molecule has 1 fully saturated rings. The molecule has 0 saturated carbocycles. The highest BCUT2D eigenvalue weighted by Gasteiger charge is 2.30. The summed E-state index contributed by atoms with van der Waals surface area (Å²) >= 11 is 6.19. The van der Waals surface area contributed by atoms with Gasteiger partial charge in [0.2, 0.25) is 0 Å². The van der Waals surface area contributed by atoms with Gasteiger partial charge >= 0.3 is 0 Å². The molecule has 25 heavy (non-hydrogen) atoms. The van der Waals surface area contributed by atoms with Crippen molar-refractivity contribution in [2.75, 3.05) is 26.7 Å². The zero-order valence-corrected chi connectivity index (χ0v) is 15.9. The Labute approximate surface area is 159 Å². The van der Waals surface area contributed by atoms with E-state index in [4.69, 9.17) is 16.3 Å². The monoisotopic (exact) mass is 380 g/mol. The van der Waals surface area contributed by atoms with E-state index in [1.807, 2.05) is 48.2 Å². The molecule has 1 saturated heterocycles. The number of nitrogens with zero attached hydrogens (tertiary/aromatic N) is 1. The van der Waals surface area contributed by atoms with E-state index in [2.05, 4.69) is 5.32 Å². The molecule has 0 radical (unpaired) electrons. The molecule has 1 unspecified atom stereocenters. The van der Waals surface area contributed by atoms with Gasteiger partial charge in [-0.1, -0.05) is 35.9 Å². The van der Waals surface area contributed by atoms with Gasteiger partial charge < -0.3 is 15.0 Å². The van der Waals surface area contributed by atoms with Crippen LogP contribution in [0.2, 0.25) is 5.02 Å². The van der Waals surface area contributed by atoms with Crippen molar-refractivity contribution in [3.05, 3.63) is 64.2 Å². The summed E-state index contributed by atoms with van der Waals surface area (Å²) in [6.45, 7) is 4.05. The van der Waals surface area contributed by atoms with E-state index in [1.54, 1.807) is 13.2 Å². The first-order valence-corrected chi connectivity index (χ1v) is 8.40. The predicted molar refractivity (Wildman–Crippen MR) is 103 cm³/mol. The molecule has 134 valence electrons. The Morgan fingerprint density at radius 2 is 2.04 bits per heavy atom. The van der Waals surface area contributed by atoms with E-state index >= 15 is 0 Å². The van der Waals surface area contributed by atoms with Crippen LogP contribution in [-0.2, 0) is 0 Å². The maximum absolute atomic E-state index is 13.0. The fourth-order valence-corrected chi connectivity index (χ4v) is 3.24. The van der Waals surface area contributed by atoms with E-state index in [9.17, 15) is 4.79 Å². The van der Waals surface area contributed by atoms with Crippen LogP contribution in [0.5, 0.6) is 5.75 Å². The Hall–Kier alpha value is -1.75. The standard InChI is InChI=1S/C19H21ClN2O2.ClH/c1-13-7-8-14(11-16(13)20)19(23)22-10-9-21-12-17(22)15-5-3-4-6-18(15)24-2;/h3-8,11,17,21H,9-10,12H2,1-2H3;1H. The van der Waals surface area contributed by atoms with Crippen molar-refractivity contribution in [1.82, 2.24) is 10.2 Å². The van der Waals surface area contributed by atoms with Gasteiger partial charge in [0.25, 0.3) is 5.91 Å². The van der Waals surface area contributed by atoms with Gasteiger partial charge in [-0.3, -0.25) is 4.79 Å². The molecule has 0 spiro atoms. The highest BCUT2D eigenvalue weighted by atomic mass is 35.5. The maximum atomic E-state index is 13.0. The Kier molecular flexibility index (Phi) is 6.71. The molecule has 1 heterocycles. The molecule has 1 N–H and O–H groups in total. The van der Waals surface area contributed by atoms with Crippen LogP contribution >= 0.6 is 24.0 Å². The molecule has 4 nitrogen and oxygen atoms in total. The first-order valence-electron chi connectivity index (χ1n) is 8.02. The minimum atomic E-state index is -0.0671. The largest absolute Gasteiger partial charge is 0.496 e. The number of aryl methyl sites for hydroxylation is 1. The number of carbonyl (C=O) groups excluding carboxylic acids is 1. The third-order valence-corrected chi connectivity index (χ3v) is 4.83. The maximum Gasteiger partial charge on any atom is 0.254 e. The third-order valence-electron chi connectivity index (χ3n) is 4.42. The second kappa shape index (κ2) is 8.56. The van der Waals surface area contributed by atoms with Crippen LogP contribution < -0.4 is 10.1 Å². The summed E-state index contributed by atoms with van der Waals surface area (Å²) in [5, 5.41) is 3.98. The summed E-state index contributed by atoms with van der Waals surface area (Å²) in [5.74, 6) is 0.792. The topological polar surface area (TPSA) is 41.6 Å². The normalized spacial score (nSPS) is 16.9. The van der Waals surface area contributed by atoms with Crippen LogP contribution in [0.25, 0.3) is 0 Å². The van der Waals surface area contributed by atoms with Gasteiger partial charge in [-0.2, -0.15) is 0 Å². The fraction of sp³-hybridized carbons (Fsp3) is 0.316. The van der Waals surface area contributed by atoms with Crippen LogP contribution in [0, 0.1) is 6.92 Å². The second-order valence-corrected chi connectivity index (χ2v) is 6.33. The van der Waals surface area contributed by atoms with Crippen molar-refractivity contribution in [2.24, 2.45) is 0 Å². The van der Waals surface area contributed by atoms with Crippen molar-refractivity contribution >= 4 is 29.9 Å². The minimum Gasteiger partial charge on any atom is -0.496 e. The first kappa shape index (κ1) is 19.6. The van der Waals surface area contributed by atoms with E-state index in [-0.39, 0.29) is 24.4 Å². The highest BCUT2D eigenvalue weighted by Crippen LogP contribution is 2.31. The molecule has 2 aromatic carbocycles. The molecule has 1 aliphatic rings. The van der Waals surface area contributed by atoms with Crippen molar-refractivity contribution < 1.29 is 9.53 Å². The van der Waals surface area contributed by atoms with Crippen LogP contribution in [0.1, 0.15) is 27.5 Å². The minimum absolute atomic E-state index is 0. The van der Waals surface area contributed by atoms with Crippen LogP contribution in [0.15, 0.2) is 42.5 Å². The molecule has 0 aliphatic carbocycles. The number of hydrogen-bond acceptors (Lipinski definition) is 3. The van der Waals surface area contributed by atoms with Gasteiger partial charge in [0.15, 0.2) is 0 Å².